The van der Waals surface area contributed by atoms with Gasteiger partial charge in [-0.3, -0.25) is 0 Å². The molecule has 5 heteroatoms. The van der Waals surface area contributed by atoms with Gasteiger partial charge < -0.3 is 10.8 Å². The minimum absolute atomic E-state index is 0.0417. The lowest BCUT2D eigenvalue weighted by Crippen LogP contribution is -2.14. The highest BCUT2D eigenvalue weighted by Gasteiger charge is 2.30. The molecule has 100 valence electrons. The second kappa shape index (κ2) is 5.07. The summed E-state index contributed by atoms with van der Waals surface area (Å²) in [6, 6.07) is 7.57. The highest BCUT2D eigenvalue weighted by Crippen LogP contribution is 2.43. The van der Waals surface area contributed by atoms with E-state index in [2.05, 4.69) is 21.0 Å². The van der Waals surface area contributed by atoms with Crippen molar-refractivity contribution >= 4 is 15.9 Å². The first-order chi connectivity index (χ1) is 9.20. The zero-order chi connectivity index (χ0) is 13.4. The van der Waals surface area contributed by atoms with E-state index in [0.29, 0.717) is 5.92 Å². The average Bonchev–Trinajstić information content (AvgIpc) is 3.21. The molecule has 1 aromatic heterocycles. The van der Waals surface area contributed by atoms with Crippen molar-refractivity contribution in [2.45, 2.75) is 24.8 Å². The zero-order valence-electron chi connectivity index (χ0n) is 10.5. The Labute approximate surface area is 120 Å². The van der Waals surface area contributed by atoms with Crippen LogP contribution < -0.4 is 5.73 Å². The number of aliphatic hydroxyl groups excluding tert-OH is 1. The molecule has 1 unspecified atom stereocenters. The van der Waals surface area contributed by atoms with Gasteiger partial charge in [0.2, 0.25) is 0 Å². The third-order valence-corrected chi connectivity index (χ3v) is 4.10. The lowest BCUT2D eigenvalue weighted by atomic mass is 10.1. The van der Waals surface area contributed by atoms with E-state index in [0.717, 1.165) is 15.7 Å². The monoisotopic (exact) mass is 321 g/mol. The molecule has 3 N–H and O–H groups in total. The minimum Gasteiger partial charge on any atom is -0.394 e. The Morgan fingerprint density at radius 1 is 1.37 bits per heavy atom. The van der Waals surface area contributed by atoms with Crippen molar-refractivity contribution < 1.29 is 5.11 Å². The number of halogens is 1. The van der Waals surface area contributed by atoms with Crippen LogP contribution in [0.5, 0.6) is 0 Å². The third kappa shape index (κ3) is 2.45. The van der Waals surface area contributed by atoms with Gasteiger partial charge in [0.05, 0.1) is 34.7 Å². The van der Waals surface area contributed by atoms with Crippen molar-refractivity contribution in [3.8, 4) is 5.69 Å². The Hall–Kier alpha value is -1.17. The molecule has 3 rings (SSSR count). The molecule has 0 spiro atoms. The molecular formula is C14H16BrN3O. The Morgan fingerprint density at radius 2 is 2.05 bits per heavy atom. The number of hydrogen-bond donors (Lipinski definition) is 2. The van der Waals surface area contributed by atoms with Gasteiger partial charge in [0, 0.05) is 5.92 Å². The van der Waals surface area contributed by atoms with Crippen LogP contribution in [0, 0.1) is 0 Å². The molecule has 4 nitrogen and oxygen atoms in total. The molecule has 1 heterocycles. The summed E-state index contributed by atoms with van der Waals surface area (Å²) in [5, 5.41) is 13.5. The van der Waals surface area contributed by atoms with Crippen molar-refractivity contribution in [2.24, 2.45) is 5.73 Å². The largest absolute Gasteiger partial charge is 0.394 e. The van der Waals surface area contributed by atoms with Gasteiger partial charge in [-0.25, -0.2) is 4.68 Å². The van der Waals surface area contributed by atoms with Gasteiger partial charge in [-0.2, -0.15) is 5.10 Å². The Morgan fingerprint density at radius 3 is 2.63 bits per heavy atom. The normalized spacial score (nSPS) is 16.6. The van der Waals surface area contributed by atoms with E-state index in [1.54, 1.807) is 0 Å². The first-order valence-electron chi connectivity index (χ1n) is 6.41. The molecule has 19 heavy (non-hydrogen) atoms. The summed E-state index contributed by atoms with van der Waals surface area (Å²) in [4.78, 5) is 0. The van der Waals surface area contributed by atoms with Gasteiger partial charge in [-0.1, -0.05) is 12.1 Å². The maximum atomic E-state index is 9.05. The molecule has 1 atom stereocenters. The fourth-order valence-corrected chi connectivity index (χ4v) is 2.82. The van der Waals surface area contributed by atoms with Gasteiger partial charge in [0.1, 0.15) is 0 Å². The van der Waals surface area contributed by atoms with Crippen LogP contribution in [0.2, 0.25) is 0 Å². The molecule has 0 bridgehead atoms. The molecule has 1 saturated carbocycles. The van der Waals surface area contributed by atoms with Gasteiger partial charge in [-0.15, -0.1) is 0 Å². The summed E-state index contributed by atoms with van der Waals surface area (Å²) >= 11 is 3.57. The van der Waals surface area contributed by atoms with Crippen LogP contribution in [0.4, 0.5) is 0 Å². The smallest absolute Gasteiger partial charge is 0.0649 e. The van der Waals surface area contributed by atoms with Crippen molar-refractivity contribution in [3.63, 3.8) is 0 Å². The van der Waals surface area contributed by atoms with Crippen LogP contribution in [0.25, 0.3) is 5.69 Å². The molecule has 0 saturated heterocycles. The first-order valence-corrected chi connectivity index (χ1v) is 7.20. The van der Waals surface area contributed by atoms with Gasteiger partial charge in [0.25, 0.3) is 0 Å². The minimum atomic E-state index is -0.318. The van der Waals surface area contributed by atoms with Gasteiger partial charge in [-0.05, 0) is 46.5 Å². The van der Waals surface area contributed by atoms with Crippen LogP contribution in [-0.2, 0) is 0 Å². The van der Waals surface area contributed by atoms with Crippen LogP contribution >= 0.6 is 15.9 Å². The Balaban J connectivity index is 1.94. The van der Waals surface area contributed by atoms with E-state index < -0.39 is 0 Å². The maximum absolute atomic E-state index is 9.05. The van der Waals surface area contributed by atoms with E-state index in [9.17, 15) is 0 Å². The average molecular weight is 322 g/mol. The van der Waals surface area contributed by atoms with E-state index in [-0.39, 0.29) is 12.6 Å². The van der Waals surface area contributed by atoms with Gasteiger partial charge in [0.15, 0.2) is 0 Å². The fraction of sp³-hybridized carbons (Fsp3) is 0.357. The fourth-order valence-electron chi connectivity index (χ4n) is 2.24. The van der Waals surface area contributed by atoms with E-state index in [4.69, 9.17) is 10.8 Å². The summed E-state index contributed by atoms with van der Waals surface area (Å²) in [7, 11) is 0. The van der Waals surface area contributed by atoms with Crippen molar-refractivity contribution in [2.75, 3.05) is 6.61 Å². The predicted octanol–water partition coefficient (Wildman–Crippen LogP) is 2.50. The predicted molar refractivity (Wildman–Crippen MR) is 77.3 cm³/mol. The Bertz CT molecular complexity index is 575. The summed E-state index contributed by atoms with van der Waals surface area (Å²) in [6.07, 6.45) is 4.32. The summed E-state index contributed by atoms with van der Waals surface area (Å²) in [6.45, 7) is -0.0417. The molecule has 2 aromatic rings. The Kier molecular flexibility index (Phi) is 3.43. The standard InChI is InChI=1S/C14H16BrN3O/c15-12-7-17-18(14(12)10-1-2-10)11-5-3-9(4-6-11)13(16)8-19/h3-7,10,13,19H,1-2,8,16H2. The number of hydrogen-bond acceptors (Lipinski definition) is 3. The molecule has 0 radical (unpaired) electrons. The molecule has 1 fully saturated rings. The molecule has 1 aliphatic rings. The number of aliphatic hydroxyl groups is 1. The van der Waals surface area contributed by atoms with Crippen LogP contribution in [0.3, 0.4) is 0 Å². The highest BCUT2D eigenvalue weighted by atomic mass is 79.9. The number of rotatable bonds is 4. The highest BCUT2D eigenvalue weighted by molar-refractivity contribution is 9.10. The van der Waals surface area contributed by atoms with Crippen LogP contribution in [0.15, 0.2) is 34.9 Å². The zero-order valence-corrected chi connectivity index (χ0v) is 12.0. The lowest BCUT2D eigenvalue weighted by Gasteiger charge is -2.11. The lowest BCUT2D eigenvalue weighted by molar-refractivity contribution is 0.268. The summed E-state index contributed by atoms with van der Waals surface area (Å²) < 4.78 is 3.06. The van der Waals surface area contributed by atoms with Crippen molar-refractivity contribution in [1.82, 2.24) is 9.78 Å². The quantitative estimate of drug-likeness (QED) is 0.909. The second-order valence-electron chi connectivity index (χ2n) is 4.94. The first kappa shape index (κ1) is 12.8. The second-order valence-corrected chi connectivity index (χ2v) is 5.80. The number of nitrogens with zero attached hydrogens (tertiary/aromatic N) is 2. The molecule has 1 aromatic carbocycles. The van der Waals surface area contributed by atoms with Crippen molar-refractivity contribution in [3.05, 3.63) is 46.2 Å². The van der Waals surface area contributed by atoms with Crippen molar-refractivity contribution in [1.29, 1.82) is 0 Å². The van der Waals surface area contributed by atoms with E-state index >= 15 is 0 Å². The molecule has 1 aliphatic carbocycles. The number of benzene rings is 1. The number of nitrogens with two attached hydrogens (primary N) is 1. The third-order valence-electron chi connectivity index (χ3n) is 3.49. The van der Waals surface area contributed by atoms with E-state index in [1.807, 2.05) is 35.1 Å². The SMILES string of the molecule is NC(CO)c1ccc(-n2ncc(Br)c2C2CC2)cc1. The topological polar surface area (TPSA) is 64.1 Å². The maximum Gasteiger partial charge on any atom is 0.0649 e. The van der Waals surface area contributed by atoms with Gasteiger partial charge >= 0.3 is 0 Å². The molecular weight excluding hydrogens is 306 g/mol. The summed E-state index contributed by atoms with van der Waals surface area (Å²) in [5.74, 6) is 0.622. The number of aromatic nitrogens is 2. The van der Waals surface area contributed by atoms with E-state index in [1.165, 1.54) is 18.5 Å². The molecule has 0 amide bonds. The van der Waals surface area contributed by atoms with Crippen LogP contribution in [0.1, 0.15) is 36.1 Å². The molecule has 0 aliphatic heterocycles. The summed E-state index contributed by atoms with van der Waals surface area (Å²) in [5.41, 5.74) is 9.01. The van der Waals surface area contributed by atoms with Crippen LogP contribution in [-0.4, -0.2) is 21.5 Å².